The summed E-state index contributed by atoms with van der Waals surface area (Å²) in [5.74, 6) is 0.992. The van der Waals surface area contributed by atoms with Crippen LogP contribution >= 0.6 is 0 Å². The Morgan fingerprint density at radius 1 is 1.38 bits per heavy atom. The number of carbonyl (C=O) groups excluding carboxylic acids is 1. The second kappa shape index (κ2) is 6.88. The maximum atomic E-state index is 11.7. The highest BCUT2D eigenvalue weighted by Gasteiger charge is 2.09. The molecule has 2 rings (SSSR count). The quantitative estimate of drug-likeness (QED) is 0.887. The molecule has 2 aromatic rings. The third kappa shape index (κ3) is 4.05. The first-order valence-electron chi connectivity index (χ1n) is 7.06. The first-order valence-corrected chi connectivity index (χ1v) is 7.06. The van der Waals surface area contributed by atoms with Gasteiger partial charge < -0.3 is 5.32 Å². The van der Waals surface area contributed by atoms with Crippen LogP contribution in [0.2, 0.25) is 0 Å². The van der Waals surface area contributed by atoms with Crippen molar-refractivity contribution < 1.29 is 4.79 Å². The van der Waals surface area contributed by atoms with Crippen molar-refractivity contribution in [2.45, 2.75) is 33.2 Å². The van der Waals surface area contributed by atoms with Gasteiger partial charge in [0.1, 0.15) is 5.82 Å². The summed E-state index contributed by atoms with van der Waals surface area (Å²) in [5, 5.41) is 9.82. The Labute approximate surface area is 124 Å². The van der Waals surface area contributed by atoms with E-state index in [1.54, 1.807) is 18.3 Å². The minimum atomic E-state index is -0.261. The van der Waals surface area contributed by atoms with E-state index < -0.39 is 0 Å². The van der Waals surface area contributed by atoms with Gasteiger partial charge in [0.2, 0.25) is 0 Å². The molecule has 0 saturated carbocycles. The van der Waals surface area contributed by atoms with E-state index >= 15 is 0 Å². The third-order valence-electron chi connectivity index (χ3n) is 3.28. The Bertz CT molecular complexity index is 591. The second-order valence-corrected chi connectivity index (χ2v) is 5.16. The fourth-order valence-corrected chi connectivity index (χ4v) is 2.13. The van der Waals surface area contributed by atoms with Crippen LogP contribution in [-0.2, 0) is 6.54 Å². The van der Waals surface area contributed by atoms with Crippen LogP contribution in [0.15, 0.2) is 30.6 Å². The van der Waals surface area contributed by atoms with Crippen molar-refractivity contribution in [1.29, 1.82) is 0 Å². The van der Waals surface area contributed by atoms with Gasteiger partial charge in [-0.25, -0.2) is 9.78 Å². The van der Waals surface area contributed by atoms with E-state index in [2.05, 4.69) is 41.5 Å². The number of nitrogens with one attached hydrogen (secondary N) is 2. The van der Waals surface area contributed by atoms with E-state index in [-0.39, 0.29) is 6.03 Å². The van der Waals surface area contributed by atoms with Gasteiger partial charge in [-0.05, 0) is 30.5 Å². The lowest BCUT2D eigenvalue weighted by molar-refractivity contribution is 0.251. The largest absolute Gasteiger partial charge is 0.336 e. The van der Waals surface area contributed by atoms with Crippen molar-refractivity contribution in [3.63, 3.8) is 0 Å². The van der Waals surface area contributed by atoms with E-state index in [1.807, 2.05) is 16.9 Å². The van der Waals surface area contributed by atoms with Crippen LogP contribution in [0, 0.1) is 6.92 Å². The molecule has 112 valence electrons. The molecule has 0 aliphatic carbocycles. The summed E-state index contributed by atoms with van der Waals surface area (Å²) in [7, 11) is 0. The molecule has 0 spiro atoms. The summed E-state index contributed by atoms with van der Waals surface area (Å²) >= 11 is 0. The average molecular weight is 287 g/mol. The summed E-state index contributed by atoms with van der Waals surface area (Å²) in [6.45, 7) is 7.50. The van der Waals surface area contributed by atoms with Crippen LogP contribution in [0.1, 0.15) is 31.0 Å². The van der Waals surface area contributed by atoms with Crippen LogP contribution in [0.25, 0.3) is 0 Å². The number of pyridine rings is 1. The van der Waals surface area contributed by atoms with Crippen LogP contribution in [-0.4, -0.2) is 27.3 Å². The Hall–Kier alpha value is -2.37. The molecule has 0 radical (unpaired) electrons. The highest BCUT2D eigenvalue weighted by atomic mass is 16.2. The monoisotopic (exact) mass is 287 g/mol. The minimum absolute atomic E-state index is 0.261. The minimum Gasteiger partial charge on any atom is -0.336 e. The van der Waals surface area contributed by atoms with Crippen molar-refractivity contribution in [1.82, 2.24) is 20.1 Å². The van der Waals surface area contributed by atoms with E-state index in [0.29, 0.717) is 24.8 Å². The van der Waals surface area contributed by atoms with E-state index in [1.165, 1.54) is 5.56 Å². The summed E-state index contributed by atoms with van der Waals surface area (Å²) in [4.78, 5) is 15.7. The zero-order chi connectivity index (χ0) is 15.2. The molecule has 0 aliphatic heterocycles. The van der Waals surface area contributed by atoms with Gasteiger partial charge in [0.25, 0.3) is 0 Å². The SMILES string of the molecule is Cc1c(C(C)C)cnn1CCNC(=O)Nc1ccccn1. The predicted octanol–water partition coefficient (Wildman–Crippen LogP) is 2.53. The summed E-state index contributed by atoms with van der Waals surface area (Å²) in [5.41, 5.74) is 2.39. The first-order chi connectivity index (χ1) is 10.1. The van der Waals surface area contributed by atoms with E-state index in [9.17, 15) is 4.79 Å². The maximum Gasteiger partial charge on any atom is 0.320 e. The number of urea groups is 1. The van der Waals surface area contributed by atoms with Gasteiger partial charge in [-0.1, -0.05) is 19.9 Å². The predicted molar refractivity (Wildman–Crippen MR) is 82.3 cm³/mol. The van der Waals surface area contributed by atoms with Gasteiger partial charge in [-0.15, -0.1) is 0 Å². The fraction of sp³-hybridized carbons (Fsp3) is 0.400. The lowest BCUT2D eigenvalue weighted by Crippen LogP contribution is -2.32. The molecule has 2 N–H and O–H groups in total. The van der Waals surface area contributed by atoms with Crippen LogP contribution in [0.3, 0.4) is 0 Å². The van der Waals surface area contributed by atoms with Crippen molar-refractivity contribution in [2.24, 2.45) is 0 Å². The smallest absolute Gasteiger partial charge is 0.320 e. The number of nitrogens with zero attached hydrogens (tertiary/aromatic N) is 3. The Morgan fingerprint density at radius 3 is 2.81 bits per heavy atom. The third-order valence-corrected chi connectivity index (χ3v) is 3.28. The topological polar surface area (TPSA) is 71.8 Å². The molecule has 0 saturated heterocycles. The molecule has 0 bridgehead atoms. The zero-order valence-corrected chi connectivity index (χ0v) is 12.6. The molecule has 21 heavy (non-hydrogen) atoms. The van der Waals surface area contributed by atoms with E-state index in [4.69, 9.17) is 0 Å². The Kier molecular flexibility index (Phi) is 4.92. The Balaban J connectivity index is 1.80. The van der Waals surface area contributed by atoms with Crippen molar-refractivity contribution in [3.8, 4) is 0 Å². The van der Waals surface area contributed by atoms with Gasteiger partial charge in [-0.3, -0.25) is 10.00 Å². The first kappa shape index (κ1) is 15.0. The molecule has 0 fully saturated rings. The maximum absolute atomic E-state index is 11.7. The fourth-order valence-electron chi connectivity index (χ4n) is 2.13. The highest BCUT2D eigenvalue weighted by Crippen LogP contribution is 2.17. The Morgan fingerprint density at radius 2 is 2.19 bits per heavy atom. The van der Waals surface area contributed by atoms with Gasteiger partial charge in [0.15, 0.2) is 0 Å². The zero-order valence-electron chi connectivity index (χ0n) is 12.6. The number of hydrogen-bond donors (Lipinski definition) is 2. The summed E-state index contributed by atoms with van der Waals surface area (Å²) in [6, 6.07) is 5.10. The molecule has 2 aromatic heterocycles. The van der Waals surface area contributed by atoms with Crippen LogP contribution in [0.5, 0.6) is 0 Å². The van der Waals surface area contributed by atoms with Crippen LogP contribution in [0.4, 0.5) is 10.6 Å². The number of anilines is 1. The summed E-state index contributed by atoms with van der Waals surface area (Å²) < 4.78 is 1.91. The number of aromatic nitrogens is 3. The van der Waals surface area contributed by atoms with Gasteiger partial charge >= 0.3 is 6.03 Å². The lowest BCUT2D eigenvalue weighted by atomic mass is 10.1. The highest BCUT2D eigenvalue weighted by molar-refractivity contribution is 5.88. The normalized spacial score (nSPS) is 10.7. The number of amides is 2. The molecular weight excluding hydrogens is 266 g/mol. The molecule has 2 heterocycles. The molecule has 2 amide bonds. The van der Waals surface area contributed by atoms with Gasteiger partial charge in [0.05, 0.1) is 12.7 Å². The molecule has 0 aromatic carbocycles. The van der Waals surface area contributed by atoms with Gasteiger partial charge in [-0.2, -0.15) is 5.10 Å². The second-order valence-electron chi connectivity index (χ2n) is 5.16. The number of hydrogen-bond acceptors (Lipinski definition) is 3. The molecule has 0 aliphatic rings. The molecule has 6 nitrogen and oxygen atoms in total. The van der Waals surface area contributed by atoms with Crippen LogP contribution < -0.4 is 10.6 Å². The number of carbonyl (C=O) groups is 1. The molecule has 6 heteroatoms. The standard InChI is InChI=1S/C15H21N5O/c1-11(2)13-10-18-20(12(13)3)9-8-17-15(21)19-14-6-4-5-7-16-14/h4-7,10-11H,8-9H2,1-3H3,(H2,16,17,19,21). The molecule has 0 unspecified atom stereocenters. The van der Waals surface area contributed by atoms with Crippen molar-refractivity contribution in [2.75, 3.05) is 11.9 Å². The average Bonchev–Trinajstić information content (AvgIpc) is 2.81. The lowest BCUT2D eigenvalue weighted by Gasteiger charge is -2.09. The van der Waals surface area contributed by atoms with Gasteiger partial charge in [0, 0.05) is 18.4 Å². The number of rotatable bonds is 5. The van der Waals surface area contributed by atoms with Crippen molar-refractivity contribution in [3.05, 3.63) is 41.9 Å². The summed E-state index contributed by atoms with van der Waals surface area (Å²) in [6.07, 6.45) is 3.53. The van der Waals surface area contributed by atoms with E-state index in [0.717, 1.165) is 5.69 Å². The molecule has 0 atom stereocenters. The molecular formula is C15H21N5O. The van der Waals surface area contributed by atoms with Crippen molar-refractivity contribution >= 4 is 11.8 Å².